The number of hydrogen-bond donors (Lipinski definition) is 1. The number of halogens is 1. The third-order valence-corrected chi connectivity index (χ3v) is 5.64. The van der Waals surface area contributed by atoms with Crippen LogP contribution in [0.4, 0.5) is 0 Å². The van der Waals surface area contributed by atoms with Gasteiger partial charge in [-0.1, -0.05) is 23.7 Å². The van der Waals surface area contributed by atoms with E-state index >= 15 is 0 Å². The van der Waals surface area contributed by atoms with Crippen molar-refractivity contribution in [2.24, 2.45) is 0 Å². The molecule has 0 aliphatic heterocycles. The maximum Gasteiger partial charge on any atom is 0.251 e. The molecule has 2 heterocycles. The molecule has 0 atom stereocenters. The van der Waals surface area contributed by atoms with Gasteiger partial charge in [-0.15, -0.1) is 0 Å². The molecule has 0 bridgehead atoms. The summed E-state index contributed by atoms with van der Waals surface area (Å²) < 4.78 is 7.09. The van der Waals surface area contributed by atoms with Gasteiger partial charge in [-0.2, -0.15) is 10.4 Å². The van der Waals surface area contributed by atoms with E-state index in [0.717, 1.165) is 28.2 Å². The average molecular weight is 445 g/mol. The van der Waals surface area contributed by atoms with Crippen LogP contribution < -0.4 is 5.32 Å². The monoisotopic (exact) mass is 444 g/mol. The van der Waals surface area contributed by atoms with Crippen molar-refractivity contribution in [3.05, 3.63) is 105 Å². The molecule has 0 saturated carbocycles. The second kappa shape index (κ2) is 9.13. The van der Waals surface area contributed by atoms with Crippen LogP contribution in [-0.4, -0.2) is 15.7 Å². The van der Waals surface area contributed by atoms with E-state index in [2.05, 4.69) is 16.5 Å². The second-order valence-corrected chi connectivity index (χ2v) is 7.88. The Morgan fingerprint density at radius 1 is 1.19 bits per heavy atom. The van der Waals surface area contributed by atoms with Gasteiger partial charge in [-0.25, -0.2) is 4.68 Å². The van der Waals surface area contributed by atoms with Crippen LogP contribution in [-0.2, 0) is 13.0 Å². The minimum absolute atomic E-state index is 0.153. The van der Waals surface area contributed by atoms with Crippen molar-refractivity contribution in [2.45, 2.75) is 26.8 Å². The van der Waals surface area contributed by atoms with Gasteiger partial charge < -0.3 is 9.73 Å². The minimum atomic E-state index is -0.153. The first-order chi connectivity index (χ1) is 15.5. The SMILES string of the molecule is Cc1nn(-c2ccc(C#N)c(Cl)c2)c(C)c1Cc1cccc(C(=O)NCc2ccco2)c1. The Balaban J connectivity index is 1.55. The van der Waals surface area contributed by atoms with Gasteiger partial charge in [0.05, 0.1) is 34.8 Å². The number of nitrogens with one attached hydrogen (secondary N) is 1. The van der Waals surface area contributed by atoms with Gasteiger partial charge >= 0.3 is 0 Å². The normalized spacial score (nSPS) is 10.7. The standard InChI is InChI=1S/C25H21ClN4O2/c1-16-23(17(2)30(29-16)21-9-8-20(14-27)24(26)13-21)12-18-5-3-6-19(11-18)25(31)28-15-22-7-4-10-32-22/h3-11,13H,12,15H2,1-2H3,(H,28,31). The van der Waals surface area contributed by atoms with Gasteiger partial charge in [0.2, 0.25) is 0 Å². The lowest BCUT2D eigenvalue weighted by Crippen LogP contribution is -2.22. The van der Waals surface area contributed by atoms with E-state index < -0.39 is 0 Å². The molecule has 32 heavy (non-hydrogen) atoms. The van der Waals surface area contributed by atoms with Crippen LogP contribution in [0.25, 0.3) is 5.69 Å². The van der Waals surface area contributed by atoms with Crippen molar-refractivity contribution in [2.75, 3.05) is 0 Å². The van der Waals surface area contributed by atoms with Crippen LogP contribution >= 0.6 is 11.6 Å². The Labute approximate surface area is 191 Å². The summed E-state index contributed by atoms with van der Waals surface area (Å²) in [6, 6.07) is 18.5. The Morgan fingerprint density at radius 3 is 2.75 bits per heavy atom. The third-order valence-electron chi connectivity index (χ3n) is 5.33. The average Bonchev–Trinajstić information content (AvgIpc) is 3.41. The van der Waals surface area contributed by atoms with Gasteiger partial charge in [0.1, 0.15) is 11.8 Å². The summed E-state index contributed by atoms with van der Waals surface area (Å²) >= 11 is 6.21. The van der Waals surface area contributed by atoms with Gasteiger partial charge in [0.15, 0.2) is 0 Å². The zero-order chi connectivity index (χ0) is 22.7. The zero-order valence-electron chi connectivity index (χ0n) is 17.7. The summed E-state index contributed by atoms with van der Waals surface area (Å²) in [5.41, 5.74) is 5.80. The number of furan rings is 1. The predicted molar refractivity (Wildman–Crippen MR) is 122 cm³/mol. The number of aryl methyl sites for hydroxylation is 1. The number of carbonyl (C=O) groups excluding carboxylic acids is 1. The number of hydrogen-bond acceptors (Lipinski definition) is 4. The van der Waals surface area contributed by atoms with Gasteiger partial charge in [-0.05, 0) is 61.9 Å². The van der Waals surface area contributed by atoms with E-state index in [1.807, 2.05) is 48.9 Å². The Kier molecular flexibility index (Phi) is 6.11. The molecule has 160 valence electrons. The van der Waals surface area contributed by atoms with Gasteiger partial charge in [0, 0.05) is 23.2 Å². The molecular weight excluding hydrogens is 424 g/mol. The van der Waals surface area contributed by atoms with Crippen molar-refractivity contribution in [1.82, 2.24) is 15.1 Å². The maximum atomic E-state index is 12.5. The summed E-state index contributed by atoms with van der Waals surface area (Å²) in [4.78, 5) is 12.5. The van der Waals surface area contributed by atoms with Crippen LogP contribution in [0.15, 0.2) is 65.3 Å². The lowest BCUT2D eigenvalue weighted by molar-refractivity contribution is 0.0948. The second-order valence-electron chi connectivity index (χ2n) is 7.48. The van der Waals surface area contributed by atoms with Crippen LogP contribution in [0.2, 0.25) is 5.02 Å². The molecule has 2 aromatic carbocycles. The minimum Gasteiger partial charge on any atom is -0.467 e. The fourth-order valence-corrected chi connectivity index (χ4v) is 3.83. The van der Waals surface area contributed by atoms with Crippen molar-refractivity contribution >= 4 is 17.5 Å². The summed E-state index contributed by atoms with van der Waals surface area (Å²) in [6.07, 6.45) is 2.22. The largest absolute Gasteiger partial charge is 0.467 e. The zero-order valence-corrected chi connectivity index (χ0v) is 18.5. The highest BCUT2D eigenvalue weighted by atomic mass is 35.5. The lowest BCUT2D eigenvalue weighted by Gasteiger charge is -2.08. The molecular formula is C25H21ClN4O2. The van der Waals surface area contributed by atoms with Crippen molar-refractivity contribution in [1.29, 1.82) is 5.26 Å². The van der Waals surface area contributed by atoms with Crippen molar-refractivity contribution in [3.8, 4) is 11.8 Å². The summed E-state index contributed by atoms with van der Waals surface area (Å²) in [5, 5.41) is 17.0. The molecule has 0 unspecified atom stereocenters. The first kappa shape index (κ1) is 21.4. The predicted octanol–water partition coefficient (Wildman–Crippen LogP) is 5.13. The summed E-state index contributed by atoms with van der Waals surface area (Å²) in [7, 11) is 0. The number of nitriles is 1. The molecule has 0 radical (unpaired) electrons. The first-order valence-corrected chi connectivity index (χ1v) is 10.5. The topological polar surface area (TPSA) is 83.8 Å². The third kappa shape index (κ3) is 4.43. The highest BCUT2D eigenvalue weighted by Gasteiger charge is 2.15. The molecule has 0 aliphatic rings. The fraction of sp³-hybridized carbons (Fsp3) is 0.160. The lowest BCUT2D eigenvalue weighted by atomic mass is 10.0. The number of nitrogens with zero attached hydrogens (tertiary/aromatic N) is 3. The van der Waals surface area contributed by atoms with Gasteiger partial charge in [-0.3, -0.25) is 4.79 Å². The molecule has 7 heteroatoms. The Morgan fingerprint density at radius 2 is 2.03 bits per heavy atom. The van der Waals surface area contributed by atoms with E-state index in [1.54, 1.807) is 30.5 Å². The van der Waals surface area contributed by atoms with E-state index in [1.165, 1.54) is 0 Å². The number of aromatic nitrogens is 2. The Hall–Kier alpha value is -3.82. The molecule has 4 aromatic rings. The molecule has 0 aliphatic carbocycles. The van der Waals surface area contributed by atoms with Crippen molar-refractivity contribution < 1.29 is 9.21 Å². The van der Waals surface area contributed by atoms with Crippen molar-refractivity contribution in [3.63, 3.8) is 0 Å². The van der Waals surface area contributed by atoms with Crippen LogP contribution in [0.1, 0.15) is 44.2 Å². The molecule has 6 nitrogen and oxygen atoms in total. The smallest absolute Gasteiger partial charge is 0.251 e. The number of rotatable bonds is 6. The van der Waals surface area contributed by atoms with Crippen LogP contribution in [0, 0.1) is 25.2 Å². The molecule has 0 fully saturated rings. The van der Waals surface area contributed by atoms with Crippen LogP contribution in [0.3, 0.4) is 0 Å². The van der Waals surface area contributed by atoms with E-state index in [0.29, 0.717) is 34.9 Å². The van der Waals surface area contributed by atoms with E-state index in [9.17, 15) is 4.79 Å². The maximum absolute atomic E-state index is 12.5. The number of carbonyl (C=O) groups is 1. The molecule has 0 spiro atoms. The number of benzene rings is 2. The molecule has 0 saturated heterocycles. The molecule has 1 N–H and O–H groups in total. The first-order valence-electron chi connectivity index (χ1n) is 10.1. The fourth-order valence-electron chi connectivity index (χ4n) is 3.62. The van der Waals surface area contributed by atoms with Crippen LogP contribution in [0.5, 0.6) is 0 Å². The summed E-state index contributed by atoms with van der Waals surface area (Å²) in [6.45, 7) is 4.31. The highest BCUT2D eigenvalue weighted by Crippen LogP contribution is 2.24. The number of amides is 1. The molecule has 1 amide bonds. The quantitative estimate of drug-likeness (QED) is 0.447. The van der Waals surface area contributed by atoms with E-state index in [4.69, 9.17) is 21.3 Å². The molecule has 2 aromatic heterocycles. The summed E-state index contributed by atoms with van der Waals surface area (Å²) in [5.74, 6) is 0.552. The Bertz CT molecular complexity index is 1320. The molecule has 4 rings (SSSR count). The highest BCUT2D eigenvalue weighted by molar-refractivity contribution is 6.31. The van der Waals surface area contributed by atoms with E-state index in [-0.39, 0.29) is 5.91 Å². The van der Waals surface area contributed by atoms with Gasteiger partial charge in [0.25, 0.3) is 5.91 Å².